The molecule has 1 aliphatic heterocycles. The third kappa shape index (κ3) is 3.42. The van der Waals surface area contributed by atoms with Gasteiger partial charge in [-0.15, -0.1) is 0 Å². The van der Waals surface area contributed by atoms with Gasteiger partial charge in [0.15, 0.2) is 17.4 Å². The number of halogens is 2. The summed E-state index contributed by atoms with van der Waals surface area (Å²) >= 11 is 0. The molecule has 0 radical (unpaired) electrons. The van der Waals surface area contributed by atoms with Gasteiger partial charge in [0.25, 0.3) is 0 Å². The standard InChI is InChI=1S/C14H20F2N2O/c1-18-5-2-3-11(18)4-6-19-14-12(15)7-10(9-17)8-13(14)16/h7-8,11H,2-6,9,17H2,1H3. The van der Waals surface area contributed by atoms with Crippen LogP contribution >= 0.6 is 0 Å². The highest BCUT2D eigenvalue weighted by molar-refractivity contribution is 5.31. The molecular formula is C14H20F2N2O. The fourth-order valence-electron chi connectivity index (χ4n) is 2.51. The lowest BCUT2D eigenvalue weighted by atomic mass is 10.1. The van der Waals surface area contributed by atoms with E-state index in [0.29, 0.717) is 18.2 Å². The molecule has 19 heavy (non-hydrogen) atoms. The fraction of sp³-hybridized carbons (Fsp3) is 0.571. The topological polar surface area (TPSA) is 38.5 Å². The zero-order valence-corrected chi connectivity index (χ0v) is 11.2. The summed E-state index contributed by atoms with van der Waals surface area (Å²) in [6.45, 7) is 1.52. The maximum atomic E-state index is 13.6. The normalized spacial score (nSPS) is 19.9. The van der Waals surface area contributed by atoms with Crippen molar-refractivity contribution < 1.29 is 13.5 Å². The molecule has 5 heteroatoms. The number of ether oxygens (including phenoxy) is 1. The molecule has 0 aromatic heterocycles. The molecule has 1 heterocycles. The average molecular weight is 270 g/mol. The second-order valence-corrected chi connectivity index (χ2v) is 5.01. The first-order chi connectivity index (χ1) is 9.11. The highest BCUT2D eigenvalue weighted by Crippen LogP contribution is 2.24. The number of hydrogen-bond donors (Lipinski definition) is 1. The van der Waals surface area contributed by atoms with Crippen LogP contribution in [0.3, 0.4) is 0 Å². The van der Waals surface area contributed by atoms with Crippen LogP contribution in [0.2, 0.25) is 0 Å². The molecule has 0 spiro atoms. The molecule has 1 aromatic carbocycles. The Bertz CT molecular complexity index is 416. The number of nitrogens with two attached hydrogens (primary N) is 1. The lowest BCUT2D eigenvalue weighted by molar-refractivity contribution is 0.221. The number of benzene rings is 1. The number of nitrogens with zero attached hydrogens (tertiary/aromatic N) is 1. The predicted molar refractivity (Wildman–Crippen MR) is 70.0 cm³/mol. The van der Waals surface area contributed by atoms with Crippen LogP contribution in [0, 0.1) is 11.6 Å². The number of hydrogen-bond acceptors (Lipinski definition) is 3. The van der Waals surface area contributed by atoms with Crippen LogP contribution in [0.25, 0.3) is 0 Å². The summed E-state index contributed by atoms with van der Waals surface area (Å²) in [7, 11) is 2.06. The minimum Gasteiger partial charge on any atom is -0.488 e. The van der Waals surface area contributed by atoms with Crippen molar-refractivity contribution in [3.8, 4) is 5.75 Å². The SMILES string of the molecule is CN1CCCC1CCOc1c(F)cc(CN)cc1F. The van der Waals surface area contributed by atoms with Crippen molar-refractivity contribution in [2.75, 3.05) is 20.2 Å². The molecule has 3 nitrogen and oxygen atoms in total. The Labute approximate surface area is 112 Å². The van der Waals surface area contributed by atoms with E-state index in [4.69, 9.17) is 10.5 Å². The van der Waals surface area contributed by atoms with Crippen LogP contribution in [0.15, 0.2) is 12.1 Å². The molecule has 1 saturated heterocycles. The minimum absolute atomic E-state index is 0.112. The van der Waals surface area contributed by atoms with Crippen LogP contribution in [-0.2, 0) is 6.54 Å². The summed E-state index contributed by atoms with van der Waals surface area (Å²) in [5, 5.41) is 0. The minimum atomic E-state index is -0.680. The van der Waals surface area contributed by atoms with Gasteiger partial charge in [-0.1, -0.05) is 0 Å². The highest BCUT2D eigenvalue weighted by atomic mass is 19.1. The summed E-state index contributed by atoms with van der Waals surface area (Å²) in [5.74, 6) is -1.65. The van der Waals surface area contributed by atoms with E-state index < -0.39 is 11.6 Å². The second-order valence-electron chi connectivity index (χ2n) is 5.01. The molecule has 0 saturated carbocycles. The van der Waals surface area contributed by atoms with Crippen molar-refractivity contribution in [1.29, 1.82) is 0 Å². The zero-order chi connectivity index (χ0) is 13.8. The molecule has 0 bridgehead atoms. The first kappa shape index (κ1) is 14.2. The van der Waals surface area contributed by atoms with Crippen LogP contribution in [0.4, 0.5) is 8.78 Å². The molecule has 0 aliphatic carbocycles. The Morgan fingerprint density at radius 1 is 1.37 bits per heavy atom. The largest absolute Gasteiger partial charge is 0.488 e. The van der Waals surface area contributed by atoms with Gasteiger partial charge in [0.1, 0.15) is 0 Å². The Hall–Kier alpha value is -1.20. The van der Waals surface area contributed by atoms with Gasteiger partial charge in [0.05, 0.1) is 6.61 Å². The lowest BCUT2D eigenvalue weighted by Gasteiger charge is -2.19. The van der Waals surface area contributed by atoms with E-state index in [-0.39, 0.29) is 12.3 Å². The zero-order valence-electron chi connectivity index (χ0n) is 11.2. The summed E-state index contributed by atoms with van der Waals surface area (Å²) in [6, 6.07) is 2.90. The first-order valence-electron chi connectivity index (χ1n) is 6.63. The lowest BCUT2D eigenvalue weighted by Crippen LogP contribution is -2.26. The van der Waals surface area contributed by atoms with E-state index in [0.717, 1.165) is 19.4 Å². The van der Waals surface area contributed by atoms with E-state index in [1.54, 1.807) is 0 Å². The summed E-state index contributed by atoms with van der Waals surface area (Å²) in [6.07, 6.45) is 3.08. The maximum absolute atomic E-state index is 13.6. The average Bonchev–Trinajstić information content (AvgIpc) is 2.78. The van der Waals surface area contributed by atoms with Crippen LogP contribution < -0.4 is 10.5 Å². The van der Waals surface area contributed by atoms with E-state index in [1.165, 1.54) is 18.6 Å². The Morgan fingerprint density at radius 2 is 2.05 bits per heavy atom. The third-order valence-corrected chi connectivity index (χ3v) is 3.66. The van der Waals surface area contributed by atoms with Gasteiger partial charge in [-0.25, -0.2) is 8.78 Å². The van der Waals surface area contributed by atoms with Gasteiger partial charge in [-0.2, -0.15) is 0 Å². The third-order valence-electron chi connectivity index (χ3n) is 3.66. The maximum Gasteiger partial charge on any atom is 0.190 e. The molecule has 1 atom stereocenters. The number of rotatable bonds is 5. The van der Waals surface area contributed by atoms with Crippen molar-refractivity contribution in [3.05, 3.63) is 29.3 Å². The van der Waals surface area contributed by atoms with Crippen molar-refractivity contribution in [1.82, 2.24) is 4.90 Å². The van der Waals surface area contributed by atoms with Gasteiger partial charge in [-0.3, -0.25) is 0 Å². The summed E-state index contributed by atoms with van der Waals surface area (Å²) in [5.41, 5.74) is 5.78. The molecule has 1 aliphatic rings. The summed E-state index contributed by atoms with van der Waals surface area (Å²) in [4.78, 5) is 2.26. The Balaban J connectivity index is 1.92. The molecule has 0 amide bonds. The van der Waals surface area contributed by atoms with Crippen molar-refractivity contribution in [2.24, 2.45) is 5.73 Å². The molecular weight excluding hydrogens is 250 g/mol. The van der Waals surface area contributed by atoms with Crippen molar-refractivity contribution in [3.63, 3.8) is 0 Å². The van der Waals surface area contributed by atoms with Crippen LogP contribution in [0.1, 0.15) is 24.8 Å². The summed E-state index contributed by atoms with van der Waals surface area (Å²) < 4.78 is 32.5. The number of likely N-dealkylation sites (tertiary alicyclic amines) is 1. The monoisotopic (exact) mass is 270 g/mol. The van der Waals surface area contributed by atoms with Crippen molar-refractivity contribution in [2.45, 2.75) is 31.8 Å². The first-order valence-corrected chi connectivity index (χ1v) is 6.63. The van der Waals surface area contributed by atoms with E-state index in [1.807, 2.05) is 0 Å². The smallest absolute Gasteiger partial charge is 0.190 e. The van der Waals surface area contributed by atoms with E-state index in [2.05, 4.69) is 11.9 Å². The van der Waals surface area contributed by atoms with Gasteiger partial charge in [0.2, 0.25) is 0 Å². The molecule has 2 rings (SSSR count). The molecule has 1 unspecified atom stereocenters. The predicted octanol–water partition coefficient (Wildman–Crippen LogP) is 2.29. The van der Waals surface area contributed by atoms with Gasteiger partial charge in [-0.05, 0) is 50.6 Å². The van der Waals surface area contributed by atoms with Crippen LogP contribution in [-0.4, -0.2) is 31.1 Å². The Kier molecular flexibility index (Phi) is 4.71. The molecule has 1 fully saturated rings. The van der Waals surface area contributed by atoms with Crippen LogP contribution in [0.5, 0.6) is 5.75 Å². The van der Waals surface area contributed by atoms with E-state index in [9.17, 15) is 8.78 Å². The quantitative estimate of drug-likeness (QED) is 0.892. The second kappa shape index (κ2) is 6.30. The molecule has 2 N–H and O–H groups in total. The fourth-order valence-corrected chi connectivity index (χ4v) is 2.51. The Morgan fingerprint density at radius 3 is 2.58 bits per heavy atom. The van der Waals surface area contributed by atoms with Gasteiger partial charge < -0.3 is 15.4 Å². The van der Waals surface area contributed by atoms with Gasteiger partial charge >= 0.3 is 0 Å². The molecule has 106 valence electrons. The molecule has 1 aromatic rings. The van der Waals surface area contributed by atoms with Crippen molar-refractivity contribution >= 4 is 0 Å². The van der Waals surface area contributed by atoms with Gasteiger partial charge in [0, 0.05) is 12.6 Å². The van der Waals surface area contributed by atoms with E-state index >= 15 is 0 Å². The highest BCUT2D eigenvalue weighted by Gasteiger charge is 2.21.